The lowest BCUT2D eigenvalue weighted by molar-refractivity contribution is -0.927. The van der Waals surface area contributed by atoms with Crippen molar-refractivity contribution in [3.05, 3.63) is 35.5 Å². The van der Waals surface area contributed by atoms with Crippen molar-refractivity contribution in [2.45, 2.75) is 85.1 Å². The molecule has 0 aromatic carbocycles. The fraction of sp³-hybridized carbons (Fsp3) is 0.731. The van der Waals surface area contributed by atoms with Gasteiger partial charge in [-0.2, -0.15) is 0 Å². The Kier molecular flexibility index (Phi) is 13.6. The molecule has 0 aromatic rings. The number of rotatable bonds is 10. The number of piperidine rings is 1. The van der Waals surface area contributed by atoms with Gasteiger partial charge in [0, 0.05) is 25.3 Å². The molecule has 2 fully saturated rings. The molecule has 8 heteroatoms. The number of nitrogens with zero attached hydrogens (tertiary/aromatic N) is 1. The van der Waals surface area contributed by atoms with Crippen molar-refractivity contribution in [1.82, 2.24) is 5.32 Å². The molecule has 0 saturated carbocycles. The highest BCUT2D eigenvalue weighted by Gasteiger charge is 2.46. The van der Waals surface area contributed by atoms with E-state index in [0.29, 0.717) is 11.8 Å². The van der Waals surface area contributed by atoms with E-state index in [1.54, 1.807) is 6.08 Å². The number of fused-ring (bicyclic) bond motifs is 1. The van der Waals surface area contributed by atoms with Gasteiger partial charge in [0.2, 0.25) is 5.91 Å². The first kappa shape index (κ1) is 30.8. The summed E-state index contributed by atoms with van der Waals surface area (Å²) in [5.74, 6) is 1.18. The lowest BCUT2D eigenvalue weighted by Gasteiger charge is -2.41. The average molecular weight is 499 g/mol. The number of phosphoric acid groups is 1. The second-order valence-corrected chi connectivity index (χ2v) is 11.5. The molecule has 0 aliphatic carbocycles. The van der Waals surface area contributed by atoms with Gasteiger partial charge in [0.15, 0.2) is 0 Å². The molecule has 7 nitrogen and oxygen atoms in total. The molecular formula is C26H47N2O5P. The minimum atomic E-state index is -4.89. The SMILES string of the molecule is CC(C)=CCC/C(C)=C/CC[C@@H](C)/C=C/C(=O)NC[C@H]1CC[N+]2(C)CCCC[C@@H]12.O=P([O-])(O)O. The molecule has 196 valence electrons. The fourth-order valence-corrected chi connectivity index (χ4v) is 5.14. The molecule has 1 amide bonds. The lowest BCUT2D eigenvalue weighted by Crippen LogP contribution is -2.53. The summed E-state index contributed by atoms with van der Waals surface area (Å²) in [6, 6.07) is 0.763. The topological polar surface area (TPSA) is 110 Å². The van der Waals surface area contributed by atoms with Crippen LogP contribution in [0.15, 0.2) is 35.5 Å². The van der Waals surface area contributed by atoms with Crippen LogP contribution in [0.1, 0.15) is 79.1 Å². The smallest absolute Gasteiger partial charge is 0.262 e. The maximum atomic E-state index is 12.3. The lowest BCUT2D eigenvalue weighted by atomic mass is 9.92. The van der Waals surface area contributed by atoms with E-state index in [1.807, 2.05) is 0 Å². The molecule has 0 aromatic heterocycles. The van der Waals surface area contributed by atoms with Crippen LogP contribution in [0.5, 0.6) is 0 Å². The quantitative estimate of drug-likeness (QED) is 0.181. The largest absolute Gasteiger partial charge is 0.756 e. The number of hydrogen-bond donors (Lipinski definition) is 3. The van der Waals surface area contributed by atoms with Gasteiger partial charge in [-0.25, -0.2) is 0 Å². The predicted molar refractivity (Wildman–Crippen MR) is 137 cm³/mol. The first-order valence-corrected chi connectivity index (χ1v) is 14.2. The number of hydrogen-bond acceptors (Lipinski definition) is 3. The summed E-state index contributed by atoms with van der Waals surface area (Å²) in [4.78, 5) is 35.2. The van der Waals surface area contributed by atoms with Crippen molar-refractivity contribution < 1.29 is 28.5 Å². The van der Waals surface area contributed by atoms with Crippen LogP contribution >= 0.6 is 7.82 Å². The summed E-state index contributed by atoms with van der Waals surface area (Å²) in [7, 11) is -2.47. The number of allylic oxidation sites excluding steroid dienone is 5. The highest BCUT2D eigenvalue weighted by Crippen LogP contribution is 2.36. The highest BCUT2D eigenvalue weighted by atomic mass is 31.2. The predicted octanol–water partition coefficient (Wildman–Crippen LogP) is 4.23. The standard InChI is InChI=1S/C26H44N2O.H3O4P/c1-21(2)10-8-11-22(3)12-9-13-23(4)15-16-26(29)27-20-24-17-19-28(5)18-7-6-14-25(24)28;1-5(2,3)4/h10,12,15-16,23-25H,6-9,11,13-14,17-20H2,1-5H3;(H3,1,2,3,4)/b16-15+,22-12+;/t23-,24-,25+,28?;/m1./s1. The zero-order valence-electron chi connectivity index (χ0n) is 21.8. The van der Waals surface area contributed by atoms with Crippen LogP contribution in [-0.2, 0) is 9.36 Å². The van der Waals surface area contributed by atoms with Crippen molar-refractivity contribution in [2.24, 2.45) is 11.8 Å². The summed E-state index contributed by atoms with van der Waals surface area (Å²) in [5, 5.41) is 3.18. The molecule has 34 heavy (non-hydrogen) atoms. The van der Waals surface area contributed by atoms with Crippen LogP contribution in [-0.4, -0.2) is 52.9 Å². The van der Waals surface area contributed by atoms with Gasteiger partial charge in [-0.1, -0.05) is 36.3 Å². The fourth-order valence-electron chi connectivity index (χ4n) is 5.14. The van der Waals surface area contributed by atoms with Crippen LogP contribution in [0, 0.1) is 11.8 Å². The van der Waals surface area contributed by atoms with Crippen molar-refractivity contribution in [3.63, 3.8) is 0 Å². The van der Waals surface area contributed by atoms with E-state index in [0.717, 1.165) is 38.3 Å². The van der Waals surface area contributed by atoms with E-state index in [2.05, 4.69) is 58.3 Å². The highest BCUT2D eigenvalue weighted by molar-refractivity contribution is 7.43. The van der Waals surface area contributed by atoms with Gasteiger partial charge >= 0.3 is 0 Å². The number of amides is 1. The van der Waals surface area contributed by atoms with Crippen LogP contribution in [0.3, 0.4) is 0 Å². The molecule has 1 unspecified atom stereocenters. The Bertz CT molecular complexity index is 761. The van der Waals surface area contributed by atoms with Gasteiger partial charge in [0.05, 0.1) is 26.2 Å². The van der Waals surface area contributed by atoms with E-state index in [1.165, 1.54) is 54.4 Å². The van der Waals surface area contributed by atoms with E-state index in [4.69, 9.17) is 19.2 Å². The van der Waals surface area contributed by atoms with Crippen molar-refractivity contribution in [3.8, 4) is 0 Å². The second-order valence-electron chi connectivity index (χ2n) is 10.6. The zero-order chi connectivity index (χ0) is 25.8. The summed E-state index contributed by atoms with van der Waals surface area (Å²) in [6.45, 7) is 12.2. The van der Waals surface area contributed by atoms with E-state index < -0.39 is 7.82 Å². The van der Waals surface area contributed by atoms with E-state index in [-0.39, 0.29) is 5.91 Å². The Morgan fingerprint density at radius 2 is 1.82 bits per heavy atom. The Balaban J connectivity index is 0.00000104. The van der Waals surface area contributed by atoms with Crippen LogP contribution in [0.25, 0.3) is 0 Å². The first-order valence-electron chi connectivity index (χ1n) is 12.7. The van der Waals surface area contributed by atoms with Crippen LogP contribution < -0.4 is 10.2 Å². The third-order valence-corrected chi connectivity index (χ3v) is 7.10. The Morgan fingerprint density at radius 3 is 2.47 bits per heavy atom. The second kappa shape index (κ2) is 15.0. The molecule has 4 atom stereocenters. The van der Waals surface area contributed by atoms with Gasteiger partial charge in [0.1, 0.15) is 0 Å². The Morgan fingerprint density at radius 1 is 1.15 bits per heavy atom. The molecule has 2 rings (SSSR count). The van der Waals surface area contributed by atoms with Gasteiger partial charge in [0.25, 0.3) is 7.82 Å². The number of carbonyl (C=O) groups is 1. The summed E-state index contributed by atoms with van der Waals surface area (Å²) < 4.78 is 10.0. The summed E-state index contributed by atoms with van der Waals surface area (Å²) in [5.41, 5.74) is 2.87. The van der Waals surface area contributed by atoms with E-state index in [9.17, 15) is 4.79 Å². The molecule has 0 spiro atoms. The maximum absolute atomic E-state index is 12.3. The molecule has 0 radical (unpaired) electrons. The van der Waals surface area contributed by atoms with Gasteiger partial charge in [-0.15, -0.1) is 0 Å². The van der Waals surface area contributed by atoms with Crippen LogP contribution in [0.4, 0.5) is 0 Å². The number of quaternary nitrogens is 1. The number of carbonyl (C=O) groups excluding carboxylic acids is 1. The van der Waals surface area contributed by atoms with Gasteiger partial charge in [-0.3, -0.25) is 9.36 Å². The van der Waals surface area contributed by atoms with Crippen LogP contribution in [0.2, 0.25) is 0 Å². The van der Waals surface area contributed by atoms with Crippen molar-refractivity contribution >= 4 is 13.7 Å². The minimum Gasteiger partial charge on any atom is -0.756 e. The molecular weight excluding hydrogens is 451 g/mol. The zero-order valence-corrected chi connectivity index (χ0v) is 22.7. The molecule has 2 aliphatic heterocycles. The van der Waals surface area contributed by atoms with E-state index >= 15 is 0 Å². The third kappa shape index (κ3) is 13.6. The molecule has 2 aliphatic rings. The van der Waals surface area contributed by atoms with Crippen molar-refractivity contribution in [1.29, 1.82) is 0 Å². The Labute approximate surface area is 206 Å². The average Bonchev–Trinajstić information content (AvgIpc) is 3.05. The minimum absolute atomic E-state index is 0.0854. The molecule has 3 N–H and O–H groups in total. The maximum Gasteiger partial charge on any atom is 0.262 e. The van der Waals surface area contributed by atoms with Gasteiger partial charge < -0.3 is 24.5 Å². The molecule has 0 bridgehead atoms. The third-order valence-electron chi connectivity index (χ3n) is 7.10. The Hall–Kier alpha value is -1.24. The molecule has 2 saturated heterocycles. The monoisotopic (exact) mass is 498 g/mol. The first-order chi connectivity index (χ1) is 15.8. The molecule has 2 heterocycles. The summed E-state index contributed by atoms with van der Waals surface area (Å²) in [6.07, 6.45) is 18.3. The normalized spacial score (nSPS) is 25.8. The van der Waals surface area contributed by atoms with Crippen molar-refractivity contribution in [2.75, 3.05) is 26.7 Å². The number of nitrogens with one attached hydrogen (secondary N) is 1. The van der Waals surface area contributed by atoms with Gasteiger partial charge in [-0.05, 0) is 71.3 Å². The summed E-state index contributed by atoms with van der Waals surface area (Å²) >= 11 is 0.